The van der Waals surface area contributed by atoms with Gasteiger partial charge in [0.1, 0.15) is 0 Å². The van der Waals surface area contributed by atoms with Gasteiger partial charge in [0.15, 0.2) is 0 Å². The molecular weight excluding hydrogens is 255 g/mol. The van der Waals surface area contributed by atoms with Crippen molar-refractivity contribution in [2.75, 3.05) is 13.2 Å². The van der Waals surface area contributed by atoms with Crippen molar-refractivity contribution in [1.82, 2.24) is 5.32 Å². The molecule has 2 nitrogen and oxygen atoms in total. The molecular formula is C14H20F3NO. The second kappa shape index (κ2) is 5.92. The Kier molecular flexibility index (Phi) is 4.98. The topological polar surface area (TPSA) is 32.3 Å². The van der Waals surface area contributed by atoms with E-state index in [1.54, 1.807) is 6.92 Å². The number of nitrogens with one attached hydrogen (secondary N) is 1. The molecule has 0 aromatic heterocycles. The van der Waals surface area contributed by atoms with Gasteiger partial charge >= 0.3 is 6.18 Å². The van der Waals surface area contributed by atoms with Crippen molar-refractivity contribution in [2.24, 2.45) is 5.92 Å². The molecule has 0 amide bonds. The van der Waals surface area contributed by atoms with E-state index in [4.69, 9.17) is 0 Å². The molecule has 0 bridgehead atoms. The number of benzene rings is 1. The smallest absolute Gasteiger partial charge is 0.394 e. The third-order valence-corrected chi connectivity index (χ3v) is 3.07. The fourth-order valence-corrected chi connectivity index (χ4v) is 1.71. The molecule has 0 aliphatic rings. The van der Waals surface area contributed by atoms with Crippen LogP contribution in [0.4, 0.5) is 13.2 Å². The van der Waals surface area contributed by atoms with Gasteiger partial charge in [0, 0.05) is 0 Å². The highest BCUT2D eigenvalue weighted by atomic mass is 19.4. The number of hydrogen-bond donors (Lipinski definition) is 2. The summed E-state index contributed by atoms with van der Waals surface area (Å²) in [6.45, 7) is 6.33. The standard InChI is InChI=1S/C14H20F3NO/c1-10(2)8-18-13(3,9-19)11-4-6-12(7-5-11)14(15,16)17/h4-7,10,18-19H,8-9H2,1-3H3. The zero-order valence-corrected chi connectivity index (χ0v) is 11.4. The summed E-state index contributed by atoms with van der Waals surface area (Å²) >= 11 is 0. The number of rotatable bonds is 5. The Morgan fingerprint density at radius 2 is 1.58 bits per heavy atom. The Morgan fingerprint density at radius 1 is 1.11 bits per heavy atom. The van der Waals surface area contributed by atoms with E-state index in [2.05, 4.69) is 5.32 Å². The molecule has 1 aromatic rings. The zero-order chi connectivity index (χ0) is 14.7. The van der Waals surface area contributed by atoms with Crippen LogP contribution in [0.1, 0.15) is 31.9 Å². The van der Waals surface area contributed by atoms with Crippen molar-refractivity contribution in [3.8, 4) is 0 Å². The summed E-state index contributed by atoms with van der Waals surface area (Å²) < 4.78 is 37.5. The first-order chi connectivity index (χ1) is 8.69. The maximum Gasteiger partial charge on any atom is 0.416 e. The van der Waals surface area contributed by atoms with E-state index in [1.165, 1.54) is 12.1 Å². The summed E-state index contributed by atoms with van der Waals surface area (Å²) in [7, 11) is 0. The molecule has 108 valence electrons. The highest BCUT2D eigenvalue weighted by Gasteiger charge is 2.31. The molecule has 0 heterocycles. The minimum Gasteiger partial charge on any atom is -0.394 e. The van der Waals surface area contributed by atoms with Crippen LogP contribution in [0.5, 0.6) is 0 Å². The molecule has 0 saturated heterocycles. The number of alkyl halides is 3. The van der Waals surface area contributed by atoms with Crippen molar-refractivity contribution in [2.45, 2.75) is 32.5 Å². The van der Waals surface area contributed by atoms with E-state index in [0.29, 0.717) is 18.0 Å². The first kappa shape index (κ1) is 16.0. The Balaban J connectivity index is 2.93. The van der Waals surface area contributed by atoms with Gasteiger partial charge in [0.05, 0.1) is 17.7 Å². The summed E-state index contributed by atoms with van der Waals surface area (Å²) in [6, 6.07) is 4.90. The largest absolute Gasteiger partial charge is 0.416 e. The first-order valence-electron chi connectivity index (χ1n) is 6.22. The van der Waals surface area contributed by atoms with Crippen molar-refractivity contribution in [3.05, 3.63) is 35.4 Å². The van der Waals surface area contributed by atoms with Gasteiger partial charge in [-0.15, -0.1) is 0 Å². The lowest BCUT2D eigenvalue weighted by Crippen LogP contribution is -2.44. The zero-order valence-electron chi connectivity index (χ0n) is 11.4. The van der Waals surface area contributed by atoms with Crippen LogP contribution >= 0.6 is 0 Å². The average Bonchev–Trinajstić information content (AvgIpc) is 2.35. The quantitative estimate of drug-likeness (QED) is 0.865. The van der Waals surface area contributed by atoms with Gasteiger partial charge < -0.3 is 10.4 Å². The van der Waals surface area contributed by atoms with E-state index in [0.717, 1.165) is 12.1 Å². The number of aliphatic hydroxyl groups excluding tert-OH is 1. The van der Waals surface area contributed by atoms with E-state index in [1.807, 2.05) is 13.8 Å². The summed E-state index contributed by atoms with van der Waals surface area (Å²) in [6.07, 6.45) is -4.33. The lowest BCUT2D eigenvalue weighted by atomic mass is 9.91. The van der Waals surface area contributed by atoms with Gasteiger partial charge in [-0.05, 0) is 37.1 Å². The van der Waals surface area contributed by atoms with Gasteiger partial charge in [-0.2, -0.15) is 13.2 Å². The van der Waals surface area contributed by atoms with E-state index in [9.17, 15) is 18.3 Å². The normalized spacial score (nSPS) is 15.6. The average molecular weight is 275 g/mol. The number of aliphatic hydroxyl groups is 1. The molecule has 0 spiro atoms. The van der Waals surface area contributed by atoms with Gasteiger partial charge in [-0.3, -0.25) is 0 Å². The highest BCUT2D eigenvalue weighted by Crippen LogP contribution is 2.30. The van der Waals surface area contributed by atoms with Crippen molar-refractivity contribution >= 4 is 0 Å². The van der Waals surface area contributed by atoms with E-state index < -0.39 is 17.3 Å². The Morgan fingerprint density at radius 3 is 1.95 bits per heavy atom. The minimum atomic E-state index is -4.33. The number of hydrogen-bond acceptors (Lipinski definition) is 2. The predicted molar refractivity (Wildman–Crippen MR) is 68.7 cm³/mol. The molecule has 0 aliphatic carbocycles. The Bertz CT molecular complexity index is 400. The number of halogens is 3. The summed E-state index contributed by atoms with van der Waals surface area (Å²) in [5.41, 5.74) is -0.766. The predicted octanol–water partition coefficient (Wildman–Crippen LogP) is 3.16. The molecule has 0 saturated carbocycles. The van der Waals surface area contributed by atoms with Crippen LogP contribution in [0.15, 0.2) is 24.3 Å². The van der Waals surface area contributed by atoms with E-state index in [-0.39, 0.29) is 6.61 Å². The second-order valence-corrected chi connectivity index (χ2v) is 5.34. The third kappa shape index (κ3) is 4.21. The Labute approximate surface area is 111 Å². The lowest BCUT2D eigenvalue weighted by molar-refractivity contribution is -0.137. The van der Waals surface area contributed by atoms with Gasteiger partial charge in [-0.25, -0.2) is 0 Å². The molecule has 1 atom stereocenters. The SMILES string of the molecule is CC(C)CNC(C)(CO)c1ccc(C(F)(F)F)cc1. The van der Waals surface area contributed by atoms with Crippen LogP contribution in [-0.2, 0) is 11.7 Å². The molecule has 1 rings (SSSR count). The second-order valence-electron chi connectivity index (χ2n) is 5.34. The van der Waals surface area contributed by atoms with Crippen LogP contribution in [0, 0.1) is 5.92 Å². The molecule has 0 radical (unpaired) electrons. The summed E-state index contributed by atoms with van der Waals surface area (Å²) in [5, 5.41) is 12.7. The molecule has 2 N–H and O–H groups in total. The maximum absolute atomic E-state index is 12.5. The third-order valence-electron chi connectivity index (χ3n) is 3.07. The first-order valence-corrected chi connectivity index (χ1v) is 6.22. The lowest BCUT2D eigenvalue weighted by Gasteiger charge is -2.30. The van der Waals surface area contributed by atoms with Crippen LogP contribution in [0.3, 0.4) is 0 Å². The van der Waals surface area contributed by atoms with Crippen LogP contribution in [0.25, 0.3) is 0 Å². The molecule has 1 unspecified atom stereocenters. The molecule has 5 heteroatoms. The monoisotopic (exact) mass is 275 g/mol. The van der Waals surface area contributed by atoms with Crippen molar-refractivity contribution < 1.29 is 18.3 Å². The molecule has 1 aromatic carbocycles. The fourth-order valence-electron chi connectivity index (χ4n) is 1.71. The highest BCUT2D eigenvalue weighted by molar-refractivity contribution is 5.29. The van der Waals surface area contributed by atoms with Crippen molar-refractivity contribution in [1.29, 1.82) is 0 Å². The van der Waals surface area contributed by atoms with Crippen LogP contribution in [0.2, 0.25) is 0 Å². The van der Waals surface area contributed by atoms with Crippen molar-refractivity contribution in [3.63, 3.8) is 0 Å². The Hall–Kier alpha value is -1.07. The minimum absolute atomic E-state index is 0.176. The van der Waals surface area contributed by atoms with Gasteiger partial charge in [-0.1, -0.05) is 26.0 Å². The fraction of sp³-hybridized carbons (Fsp3) is 0.571. The molecule has 0 aliphatic heterocycles. The molecule has 19 heavy (non-hydrogen) atoms. The van der Waals surface area contributed by atoms with E-state index >= 15 is 0 Å². The van der Waals surface area contributed by atoms with Gasteiger partial charge in [0.2, 0.25) is 0 Å². The molecule has 0 fully saturated rings. The van der Waals surface area contributed by atoms with Gasteiger partial charge in [0.25, 0.3) is 0 Å². The maximum atomic E-state index is 12.5. The summed E-state index contributed by atoms with van der Waals surface area (Å²) in [5.74, 6) is 0.389. The van der Waals surface area contributed by atoms with Crippen LogP contribution in [-0.4, -0.2) is 18.3 Å². The summed E-state index contributed by atoms with van der Waals surface area (Å²) in [4.78, 5) is 0. The van der Waals surface area contributed by atoms with Crippen LogP contribution < -0.4 is 5.32 Å².